The molecule has 19 heavy (non-hydrogen) atoms. The Morgan fingerprint density at radius 1 is 1.37 bits per heavy atom. The smallest absolute Gasteiger partial charge is 0.218 e. The van der Waals surface area contributed by atoms with Crippen LogP contribution in [-0.4, -0.2) is 16.6 Å². The van der Waals surface area contributed by atoms with E-state index in [-0.39, 0.29) is 0 Å². The summed E-state index contributed by atoms with van der Waals surface area (Å²) in [6, 6.07) is 1.74. The third-order valence-electron chi connectivity index (χ3n) is 3.58. The Labute approximate surface area is 114 Å². The summed E-state index contributed by atoms with van der Waals surface area (Å²) in [5.74, 6) is 8.54. The number of hydrogen-bond acceptors (Lipinski definition) is 5. The molecule has 2 rings (SSSR count). The van der Waals surface area contributed by atoms with Crippen molar-refractivity contribution in [1.82, 2.24) is 9.97 Å². The van der Waals surface area contributed by atoms with E-state index in [1.165, 1.54) is 0 Å². The van der Waals surface area contributed by atoms with Crippen molar-refractivity contribution in [2.45, 2.75) is 33.1 Å². The Bertz CT molecular complexity index is 425. The first kappa shape index (κ1) is 13.8. The number of nitrogens with zero attached hydrogens (tertiary/aromatic N) is 2. The van der Waals surface area contributed by atoms with Crippen LogP contribution in [0.25, 0.3) is 0 Å². The number of ether oxygens (including phenoxy) is 1. The minimum atomic E-state index is 0.555. The van der Waals surface area contributed by atoms with Gasteiger partial charge in [0.2, 0.25) is 5.88 Å². The van der Waals surface area contributed by atoms with Gasteiger partial charge in [0.15, 0.2) is 0 Å². The van der Waals surface area contributed by atoms with Crippen LogP contribution in [0.3, 0.4) is 0 Å². The highest BCUT2D eigenvalue weighted by molar-refractivity contribution is 5.36. The van der Waals surface area contributed by atoms with Gasteiger partial charge in [-0.05, 0) is 24.7 Å². The van der Waals surface area contributed by atoms with Crippen LogP contribution in [0.5, 0.6) is 5.88 Å². The van der Waals surface area contributed by atoms with E-state index in [2.05, 4.69) is 34.5 Å². The molecule has 1 heterocycles. The summed E-state index contributed by atoms with van der Waals surface area (Å²) in [7, 11) is 0. The van der Waals surface area contributed by atoms with Crippen molar-refractivity contribution in [3.8, 4) is 5.88 Å². The first-order valence-corrected chi connectivity index (χ1v) is 6.85. The molecule has 1 aliphatic carbocycles. The molecular weight excluding hydrogens is 240 g/mol. The summed E-state index contributed by atoms with van der Waals surface area (Å²) in [5.41, 5.74) is 2.55. The van der Waals surface area contributed by atoms with Gasteiger partial charge in [0.25, 0.3) is 0 Å². The molecule has 0 saturated heterocycles. The van der Waals surface area contributed by atoms with Crippen LogP contribution < -0.4 is 16.0 Å². The maximum absolute atomic E-state index is 5.82. The number of anilines is 1. The third-order valence-corrected chi connectivity index (χ3v) is 3.58. The molecule has 0 aromatic carbocycles. The standard InChI is InChI=1S/C14H22N4O/c1-3-12-16-13(18-15)8-14(17-12)19-9-11-7-5-4-6-10(11)2/h4-5,8,10-11H,3,6-7,9,15H2,1-2H3,(H,16,17,18). The Kier molecular flexibility index (Phi) is 4.74. The van der Waals surface area contributed by atoms with Gasteiger partial charge in [-0.25, -0.2) is 10.8 Å². The van der Waals surface area contributed by atoms with Crippen molar-refractivity contribution in [2.24, 2.45) is 17.7 Å². The molecule has 0 bridgehead atoms. The van der Waals surface area contributed by atoms with Crippen molar-refractivity contribution in [3.05, 3.63) is 24.0 Å². The molecular formula is C14H22N4O. The fourth-order valence-electron chi connectivity index (χ4n) is 2.21. The lowest BCUT2D eigenvalue weighted by Gasteiger charge is -2.24. The second-order valence-corrected chi connectivity index (χ2v) is 5.00. The summed E-state index contributed by atoms with van der Waals surface area (Å²) in [6.07, 6.45) is 7.45. The Morgan fingerprint density at radius 3 is 2.84 bits per heavy atom. The van der Waals surface area contributed by atoms with E-state index in [9.17, 15) is 0 Å². The van der Waals surface area contributed by atoms with Crippen molar-refractivity contribution in [3.63, 3.8) is 0 Å². The van der Waals surface area contributed by atoms with Crippen LogP contribution >= 0.6 is 0 Å². The highest BCUT2D eigenvalue weighted by Crippen LogP contribution is 2.25. The van der Waals surface area contributed by atoms with E-state index in [1.807, 2.05) is 6.92 Å². The fraction of sp³-hybridized carbons (Fsp3) is 0.571. The summed E-state index contributed by atoms with van der Waals surface area (Å²) in [4.78, 5) is 8.60. The zero-order valence-corrected chi connectivity index (χ0v) is 11.6. The van der Waals surface area contributed by atoms with Crippen molar-refractivity contribution < 1.29 is 4.74 Å². The lowest BCUT2D eigenvalue weighted by molar-refractivity contribution is 0.192. The van der Waals surface area contributed by atoms with E-state index >= 15 is 0 Å². The highest BCUT2D eigenvalue weighted by atomic mass is 16.5. The Morgan fingerprint density at radius 2 is 2.16 bits per heavy atom. The Balaban J connectivity index is 2.00. The van der Waals surface area contributed by atoms with Gasteiger partial charge in [0.1, 0.15) is 11.6 Å². The molecule has 0 spiro atoms. The molecule has 0 radical (unpaired) electrons. The fourth-order valence-corrected chi connectivity index (χ4v) is 2.21. The average molecular weight is 262 g/mol. The molecule has 2 atom stereocenters. The number of hydrogen-bond donors (Lipinski definition) is 2. The molecule has 5 heteroatoms. The molecule has 0 amide bonds. The second kappa shape index (κ2) is 6.52. The zero-order chi connectivity index (χ0) is 13.7. The van der Waals surface area contributed by atoms with Crippen LogP contribution in [0.4, 0.5) is 5.82 Å². The summed E-state index contributed by atoms with van der Waals surface area (Å²) in [5, 5.41) is 0. The number of nitrogens with one attached hydrogen (secondary N) is 1. The van der Waals surface area contributed by atoms with E-state index in [4.69, 9.17) is 10.6 Å². The maximum Gasteiger partial charge on any atom is 0.218 e. The van der Waals surface area contributed by atoms with Gasteiger partial charge in [-0.15, -0.1) is 0 Å². The Hall–Kier alpha value is -1.62. The SMILES string of the molecule is CCc1nc(NN)cc(OCC2CC=CCC2C)n1. The molecule has 1 aromatic rings. The number of nitrogen functional groups attached to an aromatic ring is 1. The summed E-state index contributed by atoms with van der Waals surface area (Å²) in [6.45, 7) is 4.96. The van der Waals surface area contributed by atoms with Gasteiger partial charge >= 0.3 is 0 Å². The number of nitrogens with two attached hydrogens (primary N) is 1. The zero-order valence-electron chi connectivity index (χ0n) is 11.6. The normalized spacial score (nSPS) is 22.3. The number of aryl methyl sites for hydroxylation is 1. The number of allylic oxidation sites excluding steroid dienone is 2. The third kappa shape index (κ3) is 3.67. The summed E-state index contributed by atoms with van der Waals surface area (Å²) < 4.78 is 5.82. The molecule has 0 saturated carbocycles. The van der Waals surface area contributed by atoms with Gasteiger partial charge in [-0.2, -0.15) is 4.98 Å². The van der Waals surface area contributed by atoms with Crippen LogP contribution in [0.1, 0.15) is 32.5 Å². The molecule has 1 aliphatic rings. The number of aromatic nitrogens is 2. The van der Waals surface area contributed by atoms with Crippen molar-refractivity contribution in [1.29, 1.82) is 0 Å². The van der Waals surface area contributed by atoms with E-state index < -0.39 is 0 Å². The monoisotopic (exact) mass is 262 g/mol. The topological polar surface area (TPSA) is 73.1 Å². The van der Waals surface area contributed by atoms with E-state index in [0.717, 1.165) is 25.1 Å². The lowest BCUT2D eigenvalue weighted by atomic mass is 9.85. The van der Waals surface area contributed by atoms with Gasteiger partial charge < -0.3 is 10.2 Å². The predicted octanol–water partition coefficient (Wildman–Crippen LogP) is 2.31. The van der Waals surface area contributed by atoms with Gasteiger partial charge in [-0.1, -0.05) is 26.0 Å². The van der Waals surface area contributed by atoms with E-state index in [0.29, 0.717) is 30.1 Å². The van der Waals surface area contributed by atoms with Crippen LogP contribution in [-0.2, 0) is 6.42 Å². The highest BCUT2D eigenvalue weighted by Gasteiger charge is 2.19. The van der Waals surface area contributed by atoms with Crippen LogP contribution in [0.2, 0.25) is 0 Å². The largest absolute Gasteiger partial charge is 0.477 e. The van der Waals surface area contributed by atoms with E-state index in [1.54, 1.807) is 6.07 Å². The van der Waals surface area contributed by atoms with Crippen LogP contribution in [0, 0.1) is 11.8 Å². The van der Waals surface area contributed by atoms with Gasteiger partial charge in [0, 0.05) is 12.5 Å². The van der Waals surface area contributed by atoms with Crippen molar-refractivity contribution >= 4 is 5.82 Å². The lowest BCUT2D eigenvalue weighted by Crippen LogP contribution is -2.21. The second-order valence-electron chi connectivity index (χ2n) is 5.00. The number of rotatable bonds is 5. The van der Waals surface area contributed by atoms with Crippen molar-refractivity contribution in [2.75, 3.05) is 12.0 Å². The quantitative estimate of drug-likeness (QED) is 0.484. The minimum absolute atomic E-state index is 0.555. The molecule has 5 nitrogen and oxygen atoms in total. The van der Waals surface area contributed by atoms with Gasteiger partial charge in [0.05, 0.1) is 6.61 Å². The average Bonchev–Trinajstić information content (AvgIpc) is 2.46. The molecule has 1 aromatic heterocycles. The molecule has 0 aliphatic heterocycles. The molecule has 0 fully saturated rings. The summed E-state index contributed by atoms with van der Waals surface area (Å²) >= 11 is 0. The predicted molar refractivity (Wildman–Crippen MR) is 75.7 cm³/mol. The maximum atomic E-state index is 5.82. The van der Waals surface area contributed by atoms with Crippen LogP contribution in [0.15, 0.2) is 18.2 Å². The molecule has 104 valence electrons. The first-order valence-electron chi connectivity index (χ1n) is 6.85. The first-order chi connectivity index (χ1) is 9.22. The minimum Gasteiger partial charge on any atom is -0.477 e. The number of hydrazine groups is 1. The molecule has 2 unspecified atom stereocenters. The molecule has 3 N–H and O–H groups in total. The van der Waals surface area contributed by atoms with Gasteiger partial charge in [-0.3, -0.25) is 0 Å².